The minimum Gasteiger partial charge on any atom is -0.493 e. The average Bonchev–Trinajstić information content (AvgIpc) is 3.46. The third-order valence-electron chi connectivity index (χ3n) is 4.42. The Hall–Kier alpha value is -4.66. The molecule has 3 aromatic rings. The molecule has 0 atom stereocenters. The van der Waals surface area contributed by atoms with Crippen molar-refractivity contribution < 1.29 is 37.7 Å². The lowest BCUT2D eigenvalue weighted by Crippen LogP contribution is -2.08. The normalized spacial score (nSPS) is 13.9. The molecular weight excluding hydrogens is 430 g/mol. The van der Waals surface area contributed by atoms with Gasteiger partial charge in [0.2, 0.25) is 11.7 Å². The lowest BCUT2D eigenvalue weighted by molar-refractivity contribution is -0.132. The zero-order valence-corrected chi connectivity index (χ0v) is 17.6. The molecule has 0 fully saturated rings. The average molecular weight is 447 g/mol. The summed E-state index contributed by atoms with van der Waals surface area (Å²) in [5.74, 6) is -1.05. The van der Waals surface area contributed by atoms with Crippen LogP contribution in [0.1, 0.15) is 28.6 Å². The van der Waals surface area contributed by atoms with E-state index in [2.05, 4.69) is 4.99 Å². The van der Waals surface area contributed by atoms with Crippen molar-refractivity contribution in [3.8, 4) is 17.2 Å². The molecule has 9 heteroatoms. The lowest BCUT2D eigenvalue weighted by atomic mass is 10.1. The molecule has 166 valence electrons. The molecule has 1 aliphatic rings. The van der Waals surface area contributed by atoms with E-state index >= 15 is 0 Å². The smallest absolute Gasteiger partial charge is 0.379 e. The van der Waals surface area contributed by atoms with Crippen LogP contribution in [0.15, 0.2) is 76.0 Å². The second-order valence-electron chi connectivity index (χ2n) is 6.70. The Morgan fingerprint density at radius 2 is 1.79 bits per heavy atom. The number of furan rings is 1. The fraction of sp³-hybridized carbons (Fsp3) is 0.0833. The molecule has 0 aliphatic carbocycles. The van der Waals surface area contributed by atoms with Crippen molar-refractivity contribution in [1.29, 1.82) is 0 Å². The molecular formula is C24H17NO8. The third kappa shape index (κ3) is 4.82. The number of aliphatic imine (C=N–C) groups is 1. The van der Waals surface area contributed by atoms with Crippen LogP contribution in [0.25, 0.3) is 6.08 Å². The Morgan fingerprint density at radius 3 is 2.52 bits per heavy atom. The van der Waals surface area contributed by atoms with E-state index < -0.39 is 17.9 Å². The predicted octanol–water partition coefficient (Wildman–Crippen LogP) is 3.78. The second kappa shape index (κ2) is 9.23. The number of hydrogen-bond acceptors (Lipinski definition) is 9. The van der Waals surface area contributed by atoms with Crippen LogP contribution >= 0.6 is 0 Å². The number of esters is 3. The summed E-state index contributed by atoms with van der Waals surface area (Å²) in [6, 6.07) is 14.3. The highest BCUT2D eigenvalue weighted by molar-refractivity contribution is 6.13. The van der Waals surface area contributed by atoms with Gasteiger partial charge in [0.1, 0.15) is 5.75 Å². The van der Waals surface area contributed by atoms with Crippen LogP contribution in [0.4, 0.5) is 0 Å². The first-order valence-electron chi connectivity index (χ1n) is 9.68. The van der Waals surface area contributed by atoms with Crippen molar-refractivity contribution in [2.24, 2.45) is 4.99 Å². The van der Waals surface area contributed by atoms with E-state index in [1.807, 2.05) is 0 Å². The molecule has 0 spiro atoms. The van der Waals surface area contributed by atoms with E-state index in [0.29, 0.717) is 11.1 Å². The highest BCUT2D eigenvalue weighted by Gasteiger charge is 2.26. The largest absolute Gasteiger partial charge is 0.493 e. The van der Waals surface area contributed by atoms with Crippen LogP contribution in [0.2, 0.25) is 0 Å². The summed E-state index contributed by atoms with van der Waals surface area (Å²) in [6.07, 6.45) is 2.81. The van der Waals surface area contributed by atoms with Gasteiger partial charge < -0.3 is 23.4 Å². The number of carbonyl (C=O) groups is 3. The minimum atomic E-state index is -0.680. The summed E-state index contributed by atoms with van der Waals surface area (Å²) in [5.41, 5.74) is 0.892. The lowest BCUT2D eigenvalue weighted by Gasteiger charge is -2.09. The van der Waals surface area contributed by atoms with Crippen molar-refractivity contribution in [2.75, 3.05) is 7.11 Å². The summed E-state index contributed by atoms with van der Waals surface area (Å²) < 4.78 is 26.0. The van der Waals surface area contributed by atoms with Gasteiger partial charge in [0.15, 0.2) is 17.2 Å². The standard InChI is InChI=1S/C24H17NO8/c1-14(26)31-19-10-9-16(13-21(19)29-2)22-25-17(23(27)33-22)12-15-6-3-4-7-18(15)32-24(28)20-8-5-11-30-20/h3-13H,1-2H3/b17-12-. The van der Waals surface area contributed by atoms with Gasteiger partial charge in [-0.3, -0.25) is 4.79 Å². The molecule has 0 radical (unpaired) electrons. The van der Waals surface area contributed by atoms with E-state index in [4.69, 9.17) is 23.4 Å². The van der Waals surface area contributed by atoms with Crippen molar-refractivity contribution >= 4 is 29.9 Å². The van der Waals surface area contributed by atoms with Gasteiger partial charge in [-0.15, -0.1) is 0 Å². The van der Waals surface area contributed by atoms with E-state index in [1.165, 1.54) is 44.6 Å². The number of benzene rings is 2. The summed E-state index contributed by atoms with van der Waals surface area (Å²) in [7, 11) is 1.42. The summed E-state index contributed by atoms with van der Waals surface area (Å²) in [6.45, 7) is 1.27. The summed E-state index contributed by atoms with van der Waals surface area (Å²) in [5, 5.41) is 0. The van der Waals surface area contributed by atoms with Crippen molar-refractivity contribution in [3.05, 3.63) is 83.4 Å². The topological polar surface area (TPSA) is 114 Å². The molecule has 0 amide bonds. The molecule has 0 bridgehead atoms. The van der Waals surface area contributed by atoms with E-state index in [1.54, 1.807) is 36.4 Å². The fourth-order valence-electron chi connectivity index (χ4n) is 2.96. The number of para-hydroxylation sites is 1. The summed E-state index contributed by atoms with van der Waals surface area (Å²) in [4.78, 5) is 40.1. The number of cyclic esters (lactones) is 1. The zero-order chi connectivity index (χ0) is 23.4. The first-order chi connectivity index (χ1) is 15.9. The van der Waals surface area contributed by atoms with Gasteiger partial charge in [0.05, 0.1) is 13.4 Å². The Morgan fingerprint density at radius 1 is 0.970 bits per heavy atom. The van der Waals surface area contributed by atoms with Gasteiger partial charge in [-0.25, -0.2) is 14.6 Å². The van der Waals surface area contributed by atoms with Crippen LogP contribution in [-0.4, -0.2) is 30.9 Å². The van der Waals surface area contributed by atoms with Gasteiger partial charge in [-0.1, -0.05) is 18.2 Å². The number of methoxy groups -OCH3 is 1. The maximum Gasteiger partial charge on any atom is 0.379 e. The highest BCUT2D eigenvalue weighted by atomic mass is 16.6. The highest BCUT2D eigenvalue weighted by Crippen LogP contribution is 2.31. The molecule has 1 aliphatic heterocycles. The first-order valence-corrected chi connectivity index (χ1v) is 9.68. The minimum absolute atomic E-state index is 0.00882. The number of rotatable bonds is 6. The number of hydrogen-bond donors (Lipinski definition) is 0. The monoisotopic (exact) mass is 447 g/mol. The van der Waals surface area contributed by atoms with Gasteiger partial charge >= 0.3 is 17.9 Å². The van der Waals surface area contributed by atoms with Crippen molar-refractivity contribution in [2.45, 2.75) is 6.92 Å². The Bertz CT molecular complexity index is 1290. The van der Waals surface area contributed by atoms with Crippen LogP contribution in [-0.2, 0) is 14.3 Å². The van der Waals surface area contributed by atoms with E-state index in [0.717, 1.165) is 0 Å². The van der Waals surface area contributed by atoms with E-state index in [9.17, 15) is 14.4 Å². The number of nitrogens with zero attached hydrogens (tertiary/aromatic N) is 1. The van der Waals surface area contributed by atoms with Crippen molar-refractivity contribution in [1.82, 2.24) is 0 Å². The van der Waals surface area contributed by atoms with Gasteiger partial charge in [0, 0.05) is 18.1 Å². The van der Waals surface area contributed by atoms with Crippen LogP contribution < -0.4 is 14.2 Å². The van der Waals surface area contributed by atoms with Crippen LogP contribution in [0.3, 0.4) is 0 Å². The van der Waals surface area contributed by atoms with E-state index in [-0.39, 0.29) is 34.6 Å². The molecule has 2 aromatic carbocycles. The third-order valence-corrected chi connectivity index (χ3v) is 4.42. The van der Waals surface area contributed by atoms with Gasteiger partial charge in [-0.05, 0) is 42.5 Å². The Labute approximate surface area is 187 Å². The van der Waals surface area contributed by atoms with Crippen molar-refractivity contribution in [3.63, 3.8) is 0 Å². The Kier molecular flexibility index (Phi) is 6.03. The summed E-state index contributed by atoms with van der Waals surface area (Å²) >= 11 is 0. The zero-order valence-electron chi connectivity index (χ0n) is 17.6. The van der Waals surface area contributed by atoms with Gasteiger partial charge in [-0.2, -0.15) is 0 Å². The SMILES string of the molecule is COc1cc(C2=N/C(=C\c3ccccc3OC(=O)c3ccco3)C(=O)O2)ccc1OC(C)=O. The van der Waals surface area contributed by atoms with Crippen LogP contribution in [0, 0.1) is 0 Å². The molecule has 2 heterocycles. The molecule has 4 rings (SSSR count). The number of carbonyl (C=O) groups excluding carboxylic acids is 3. The molecule has 0 N–H and O–H groups in total. The Balaban J connectivity index is 1.62. The first kappa shape index (κ1) is 21.6. The molecule has 1 aromatic heterocycles. The maximum absolute atomic E-state index is 12.4. The molecule has 0 saturated heterocycles. The molecule has 0 unspecified atom stereocenters. The van der Waals surface area contributed by atoms with Crippen LogP contribution in [0.5, 0.6) is 17.2 Å². The molecule has 33 heavy (non-hydrogen) atoms. The fourth-order valence-corrected chi connectivity index (χ4v) is 2.96. The molecule has 0 saturated carbocycles. The maximum atomic E-state index is 12.4. The molecule has 9 nitrogen and oxygen atoms in total. The van der Waals surface area contributed by atoms with Gasteiger partial charge in [0.25, 0.3) is 0 Å². The quantitative estimate of drug-likeness (QED) is 0.319. The predicted molar refractivity (Wildman–Crippen MR) is 115 cm³/mol. The second-order valence-corrected chi connectivity index (χ2v) is 6.70. The number of ether oxygens (including phenoxy) is 4.